The van der Waals surface area contributed by atoms with Crippen molar-refractivity contribution in [3.63, 3.8) is 0 Å². The summed E-state index contributed by atoms with van der Waals surface area (Å²) in [4.78, 5) is 24.6. The zero-order valence-electron chi connectivity index (χ0n) is 13.7. The van der Waals surface area contributed by atoms with E-state index in [1.54, 1.807) is 20.8 Å². The van der Waals surface area contributed by atoms with Gasteiger partial charge in [0.15, 0.2) is 6.29 Å². The number of rotatable bonds is 6. The highest BCUT2D eigenvalue weighted by molar-refractivity contribution is 5.85. The predicted molar refractivity (Wildman–Crippen MR) is 80.9 cm³/mol. The van der Waals surface area contributed by atoms with Crippen molar-refractivity contribution in [3.8, 4) is 0 Å². The number of carbonyl (C=O) groups excluding carboxylic acids is 1. The molecule has 0 aliphatic heterocycles. The average molecular weight is 327 g/mol. The molecule has 6 nitrogen and oxygen atoms in total. The van der Waals surface area contributed by atoms with Crippen LogP contribution in [0.1, 0.15) is 38.2 Å². The molecule has 2 N–H and O–H groups in total. The smallest absolute Gasteiger partial charge is 0.323 e. The van der Waals surface area contributed by atoms with Crippen molar-refractivity contribution in [1.82, 2.24) is 4.90 Å². The summed E-state index contributed by atoms with van der Waals surface area (Å²) in [6.45, 7) is 4.34. The van der Waals surface area contributed by atoms with Gasteiger partial charge in [0.05, 0.1) is 0 Å². The molecule has 0 bridgehead atoms. The first-order valence-electron chi connectivity index (χ1n) is 7.07. The number of aliphatic carboxylic acids is 1. The van der Waals surface area contributed by atoms with Crippen LogP contribution in [0.5, 0.6) is 0 Å². The summed E-state index contributed by atoms with van der Waals surface area (Å²) in [5.41, 5.74) is -0.603. The van der Waals surface area contributed by atoms with Gasteiger partial charge in [-0.15, -0.1) is 0 Å². The Morgan fingerprint density at radius 3 is 2.43 bits per heavy atom. The third-order valence-electron chi connectivity index (χ3n) is 3.23. The first-order chi connectivity index (χ1) is 10.6. The van der Waals surface area contributed by atoms with Crippen LogP contribution in [0.3, 0.4) is 0 Å². The molecule has 1 amide bonds. The fourth-order valence-corrected chi connectivity index (χ4v) is 2.16. The zero-order chi connectivity index (χ0) is 17.8. The van der Waals surface area contributed by atoms with Gasteiger partial charge in [0.1, 0.15) is 12.4 Å². The van der Waals surface area contributed by atoms with Crippen molar-refractivity contribution < 1.29 is 28.9 Å². The van der Waals surface area contributed by atoms with E-state index >= 15 is 0 Å². The summed E-state index contributed by atoms with van der Waals surface area (Å²) in [6, 6.07) is 4.11. The van der Waals surface area contributed by atoms with Crippen LogP contribution >= 0.6 is 0 Å². The van der Waals surface area contributed by atoms with Gasteiger partial charge in [-0.2, -0.15) is 0 Å². The summed E-state index contributed by atoms with van der Waals surface area (Å²) in [6.07, 6.45) is -1.50. The van der Waals surface area contributed by atoms with E-state index in [-0.39, 0.29) is 23.6 Å². The van der Waals surface area contributed by atoms with Gasteiger partial charge in [-0.25, -0.2) is 4.39 Å². The first-order valence-corrected chi connectivity index (χ1v) is 7.07. The maximum absolute atomic E-state index is 14.0. The molecule has 0 saturated carbocycles. The van der Waals surface area contributed by atoms with E-state index in [2.05, 4.69) is 0 Å². The second-order valence-corrected chi connectivity index (χ2v) is 6.21. The molecule has 1 rings (SSSR count). The van der Waals surface area contributed by atoms with Crippen LogP contribution in [0, 0.1) is 11.2 Å². The summed E-state index contributed by atoms with van der Waals surface area (Å²) in [7, 11) is 1.22. The number of carbonyl (C=O) groups is 2. The maximum Gasteiger partial charge on any atom is 0.323 e. The molecule has 23 heavy (non-hydrogen) atoms. The van der Waals surface area contributed by atoms with Gasteiger partial charge >= 0.3 is 5.97 Å². The molecule has 0 fully saturated rings. The highest BCUT2D eigenvalue weighted by Gasteiger charge is 2.30. The molecule has 1 aromatic rings. The molecule has 128 valence electrons. The number of nitrogens with zero attached hydrogens (tertiary/aromatic N) is 1. The Kier molecular flexibility index (Phi) is 6.23. The van der Waals surface area contributed by atoms with Gasteiger partial charge in [-0.3, -0.25) is 9.59 Å². The number of methoxy groups -OCH3 is 1. The minimum absolute atomic E-state index is 0.105. The number of aliphatic hydroxyl groups excluding tert-OH is 1. The molecule has 0 saturated heterocycles. The van der Waals surface area contributed by atoms with Crippen molar-refractivity contribution in [3.05, 3.63) is 35.1 Å². The molecule has 0 aliphatic rings. The minimum Gasteiger partial charge on any atom is -0.480 e. The van der Waals surface area contributed by atoms with Crippen LogP contribution in [-0.2, 0) is 20.9 Å². The zero-order valence-corrected chi connectivity index (χ0v) is 13.7. The Balaban J connectivity index is 3.21. The fourth-order valence-electron chi connectivity index (χ4n) is 2.16. The maximum atomic E-state index is 14.0. The number of amides is 1. The van der Waals surface area contributed by atoms with Crippen LogP contribution < -0.4 is 0 Å². The molecule has 0 aliphatic carbocycles. The summed E-state index contributed by atoms with van der Waals surface area (Å²) >= 11 is 0. The Labute approximate surface area is 134 Å². The molecule has 1 unspecified atom stereocenters. The standard InChI is InChI=1S/C16H22FNO5/c1-16(2,3)15(22)18(9-12(19)20)8-10-6-5-7-11(17)13(10)14(21)23-4/h5-7,14,21H,8-9H2,1-4H3,(H,19,20). The molecular formula is C16H22FNO5. The van der Waals surface area contributed by atoms with Crippen LogP contribution in [-0.4, -0.2) is 40.6 Å². The molecule has 0 aromatic heterocycles. The number of carboxylic acids is 1. The van der Waals surface area contributed by atoms with Crippen LogP contribution in [0.2, 0.25) is 0 Å². The van der Waals surface area contributed by atoms with Crippen molar-refractivity contribution >= 4 is 11.9 Å². The van der Waals surface area contributed by atoms with Gasteiger partial charge in [-0.05, 0) is 11.6 Å². The summed E-state index contributed by atoms with van der Waals surface area (Å²) in [5.74, 6) is -2.25. The van der Waals surface area contributed by atoms with E-state index in [0.29, 0.717) is 0 Å². The number of hydrogen-bond donors (Lipinski definition) is 2. The van der Waals surface area contributed by atoms with E-state index in [9.17, 15) is 19.1 Å². The number of carboxylic acid groups (broad SMARTS) is 1. The van der Waals surface area contributed by atoms with Crippen molar-refractivity contribution in [2.24, 2.45) is 5.41 Å². The third-order valence-corrected chi connectivity index (χ3v) is 3.23. The van der Waals surface area contributed by atoms with Crippen LogP contribution in [0.25, 0.3) is 0 Å². The van der Waals surface area contributed by atoms with Crippen LogP contribution in [0.15, 0.2) is 18.2 Å². The Hall–Kier alpha value is -1.99. The second-order valence-electron chi connectivity index (χ2n) is 6.21. The number of halogens is 1. The highest BCUT2D eigenvalue weighted by Crippen LogP contribution is 2.25. The lowest BCUT2D eigenvalue weighted by Crippen LogP contribution is -2.42. The van der Waals surface area contributed by atoms with Gasteiger partial charge < -0.3 is 19.8 Å². The number of ether oxygens (including phenoxy) is 1. The summed E-state index contributed by atoms with van der Waals surface area (Å²) in [5, 5.41) is 18.8. The monoisotopic (exact) mass is 327 g/mol. The van der Waals surface area contributed by atoms with Gasteiger partial charge in [0, 0.05) is 24.6 Å². The molecular weight excluding hydrogens is 305 g/mol. The van der Waals surface area contributed by atoms with Gasteiger partial charge in [-0.1, -0.05) is 32.9 Å². The number of benzene rings is 1. The Bertz CT molecular complexity index is 582. The Morgan fingerprint density at radius 2 is 1.96 bits per heavy atom. The molecule has 7 heteroatoms. The Morgan fingerprint density at radius 1 is 1.35 bits per heavy atom. The summed E-state index contributed by atoms with van der Waals surface area (Å²) < 4.78 is 18.7. The molecule has 0 spiro atoms. The van der Waals surface area contributed by atoms with E-state index < -0.39 is 30.0 Å². The van der Waals surface area contributed by atoms with Crippen LogP contribution in [0.4, 0.5) is 4.39 Å². The topological polar surface area (TPSA) is 87.1 Å². The third kappa shape index (κ3) is 5.01. The average Bonchev–Trinajstić information content (AvgIpc) is 2.43. The van der Waals surface area contributed by atoms with E-state index in [0.717, 1.165) is 11.0 Å². The van der Waals surface area contributed by atoms with Crippen molar-refractivity contribution in [2.75, 3.05) is 13.7 Å². The normalized spacial score (nSPS) is 12.8. The fraction of sp³-hybridized carbons (Fsp3) is 0.500. The molecule has 0 heterocycles. The molecule has 1 atom stereocenters. The number of hydrogen-bond acceptors (Lipinski definition) is 4. The lowest BCUT2D eigenvalue weighted by atomic mass is 9.94. The molecule has 1 aromatic carbocycles. The van der Waals surface area contributed by atoms with E-state index in [1.165, 1.54) is 19.2 Å². The first kappa shape index (κ1) is 19.1. The van der Waals surface area contributed by atoms with E-state index in [4.69, 9.17) is 9.84 Å². The highest BCUT2D eigenvalue weighted by atomic mass is 19.1. The SMILES string of the molecule is COC(O)c1c(F)cccc1CN(CC(=O)O)C(=O)C(C)(C)C. The number of aliphatic hydroxyl groups is 1. The predicted octanol–water partition coefficient (Wildman–Crippen LogP) is 1.92. The quantitative estimate of drug-likeness (QED) is 0.780. The molecule has 0 radical (unpaired) electrons. The van der Waals surface area contributed by atoms with Crippen molar-refractivity contribution in [1.29, 1.82) is 0 Å². The van der Waals surface area contributed by atoms with Crippen molar-refractivity contribution in [2.45, 2.75) is 33.6 Å². The lowest BCUT2D eigenvalue weighted by molar-refractivity contribution is -0.149. The van der Waals surface area contributed by atoms with E-state index in [1.807, 2.05) is 0 Å². The second kappa shape index (κ2) is 7.52. The minimum atomic E-state index is -1.50. The van der Waals surface area contributed by atoms with Gasteiger partial charge in [0.2, 0.25) is 5.91 Å². The largest absolute Gasteiger partial charge is 0.480 e. The van der Waals surface area contributed by atoms with Gasteiger partial charge in [0.25, 0.3) is 0 Å². The lowest BCUT2D eigenvalue weighted by Gasteiger charge is -2.29.